The van der Waals surface area contributed by atoms with Crippen LogP contribution < -0.4 is 10.6 Å². The number of ether oxygens (including phenoxy) is 1. The third-order valence-corrected chi connectivity index (χ3v) is 4.55. The van der Waals surface area contributed by atoms with Gasteiger partial charge in [0.25, 0.3) is 0 Å². The minimum absolute atomic E-state index is 0.195. The number of hydrogen-bond donors (Lipinski definition) is 2. The van der Waals surface area contributed by atoms with Crippen molar-refractivity contribution < 1.29 is 9.53 Å². The van der Waals surface area contributed by atoms with Gasteiger partial charge in [-0.3, -0.25) is 0 Å². The Labute approximate surface area is 128 Å². The van der Waals surface area contributed by atoms with E-state index in [9.17, 15) is 4.79 Å². The van der Waals surface area contributed by atoms with Gasteiger partial charge in [0.05, 0.1) is 0 Å². The second-order valence-corrected chi connectivity index (χ2v) is 7.68. The molecule has 2 fully saturated rings. The molecule has 0 radical (unpaired) electrons. The topological polar surface area (TPSA) is 53.6 Å². The van der Waals surface area contributed by atoms with E-state index in [1.54, 1.807) is 0 Å². The molecule has 2 N–H and O–H groups in total. The highest BCUT2D eigenvalue weighted by molar-refractivity contribution is 5.68. The van der Waals surface area contributed by atoms with Crippen LogP contribution in [0.2, 0.25) is 0 Å². The van der Waals surface area contributed by atoms with Crippen molar-refractivity contribution in [2.75, 3.05) is 13.6 Å². The Hall–Kier alpha value is -0.810. The Morgan fingerprint density at radius 2 is 1.90 bits per heavy atom. The van der Waals surface area contributed by atoms with Crippen molar-refractivity contribution in [3.8, 4) is 0 Å². The van der Waals surface area contributed by atoms with Crippen molar-refractivity contribution in [2.24, 2.45) is 0 Å². The summed E-state index contributed by atoms with van der Waals surface area (Å²) in [6.07, 6.45) is 4.23. The van der Waals surface area contributed by atoms with E-state index in [1.165, 1.54) is 6.42 Å². The molecule has 2 rings (SSSR count). The molecule has 5 heteroatoms. The average molecular weight is 297 g/mol. The zero-order valence-electron chi connectivity index (χ0n) is 14.1. The smallest absolute Gasteiger partial charge is 0.407 e. The SMILES string of the molecule is CC1CC(NC2CCCC2NC(=O)OC(C)(C)C)CN1C. The zero-order chi connectivity index (χ0) is 15.6. The van der Waals surface area contributed by atoms with Gasteiger partial charge in [-0.2, -0.15) is 0 Å². The lowest BCUT2D eigenvalue weighted by Gasteiger charge is -2.27. The minimum Gasteiger partial charge on any atom is -0.444 e. The first-order chi connectivity index (χ1) is 9.74. The third-order valence-electron chi connectivity index (χ3n) is 4.55. The predicted molar refractivity (Wildman–Crippen MR) is 84.4 cm³/mol. The summed E-state index contributed by atoms with van der Waals surface area (Å²) in [7, 11) is 2.18. The first kappa shape index (κ1) is 16.6. The quantitative estimate of drug-likeness (QED) is 0.838. The Morgan fingerprint density at radius 1 is 1.24 bits per heavy atom. The van der Waals surface area contributed by atoms with Gasteiger partial charge in [0.15, 0.2) is 0 Å². The Bertz CT molecular complexity index is 357. The summed E-state index contributed by atoms with van der Waals surface area (Å²) < 4.78 is 5.37. The van der Waals surface area contributed by atoms with Crippen LogP contribution in [0.5, 0.6) is 0 Å². The second kappa shape index (κ2) is 6.53. The van der Waals surface area contributed by atoms with Crippen LogP contribution in [0.4, 0.5) is 4.79 Å². The van der Waals surface area contributed by atoms with Gasteiger partial charge >= 0.3 is 6.09 Å². The number of amides is 1. The number of likely N-dealkylation sites (N-methyl/N-ethyl adjacent to an activating group) is 1. The molecule has 122 valence electrons. The zero-order valence-corrected chi connectivity index (χ0v) is 14.1. The van der Waals surface area contributed by atoms with E-state index >= 15 is 0 Å². The van der Waals surface area contributed by atoms with Gasteiger partial charge in [-0.25, -0.2) is 4.79 Å². The molecule has 1 saturated carbocycles. The fraction of sp³-hybridized carbons (Fsp3) is 0.938. The number of alkyl carbamates (subject to hydrolysis) is 1. The molecule has 0 aromatic rings. The van der Waals surface area contributed by atoms with Gasteiger partial charge in [-0.05, 0) is 60.4 Å². The van der Waals surface area contributed by atoms with Gasteiger partial charge in [0.1, 0.15) is 5.60 Å². The standard InChI is InChI=1S/C16H31N3O2/c1-11-9-12(10-19(11)5)17-13-7-6-8-14(13)18-15(20)21-16(2,3)4/h11-14,17H,6-10H2,1-5H3,(H,18,20). The lowest BCUT2D eigenvalue weighted by Crippen LogP contribution is -2.51. The maximum Gasteiger partial charge on any atom is 0.407 e. The van der Waals surface area contributed by atoms with Gasteiger partial charge in [-0.15, -0.1) is 0 Å². The summed E-state index contributed by atoms with van der Waals surface area (Å²) in [6, 6.07) is 1.75. The average Bonchev–Trinajstić information content (AvgIpc) is 2.85. The molecule has 4 unspecified atom stereocenters. The van der Waals surface area contributed by atoms with Crippen molar-refractivity contribution in [3.63, 3.8) is 0 Å². The van der Waals surface area contributed by atoms with Crippen molar-refractivity contribution in [1.29, 1.82) is 0 Å². The molecule has 1 amide bonds. The van der Waals surface area contributed by atoms with Crippen LogP contribution in [0.1, 0.15) is 53.4 Å². The van der Waals surface area contributed by atoms with E-state index in [0.717, 1.165) is 25.8 Å². The highest BCUT2D eigenvalue weighted by atomic mass is 16.6. The Kier molecular flexibility index (Phi) is 5.15. The van der Waals surface area contributed by atoms with Gasteiger partial charge in [0, 0.05) is 30.7 Å². The van der Waals surface area contributed by atoms with E-state index in [4.69, 9.17) is 4.74 Å². The largest absolute Gasteiger partial charge is 0.444 e. The first-order valence-corrected chi connectivity index (χ1v) is 8.20. The fourth-order valence-corrected chi connectivity index (χ4v) is 3.41. The van der Waals surface area contributed by atoms with Crippen LogP contribution in [0, 0.1) is 0 Å². The molecule has 0 aromatic carbocycles. The van der Waals surface area contributed by atoms with Crippen LogP contribution in [-0.2, 0) is 4.74 Å². The van der Waals surface area contributed by atoms with Crippen molar-refractivity contribution >= 4 is 6.09 Å². The highest BCUT2D eigenvalue weighted by Gasteiger charge is 2.34. The fourth-order valence-electron chi connectivity index (χ4n) is 3.41. The Morgan fingerprint density at radius 3 is 2.48 bits per heavy atom. The van der Waals surface area contributed by atoms with Crippen LogP contribution in [0.15, 0.2) is 0 Å². The van der Waals surface area contributed by atoms with E-state index in [-0.39, 0.29) is 12.1 Å². The van der Waals surface area contributed by atoms with Crippen molar-refractivity contribution in [1.82, 2.24) is 15.5 Å². The Balaban J connectivity index is 1.82. The molecule has 2 aliphatic rings. The van der Waals surface area contributed by atoms with Crippen molar-refractivity contribution in [3.05, 3.63) is 0 Å². The first-order valence-electron chi connectivity index (χ1n) is 8.20. The summed E-state index contributed by atoms with van der Waals surface area (Å²) in [5.74, 6) is 0. The number of nitrogens with zero attached hydrogens (tertiary/aromatic N) is 1. The molecule has 5 nitrogen and oxygen atoms in total. The molecule has 4 atom stereocenters. The summed E-state index contributed by atoms with van der Waals surface area (Å²) in [6.45, 7) is 9.05. The minimum atomic E-state index is -0.435. The summed E-state index contributed by atoms with van der Waals surface area (Å²) in [5.41, 5.74) is -0.435. The number of hydrogen-bond acceptors (Lipinski definition) is 4. The lowest BCUT2D eigenvalue weighted by atomic mass is 10.1. The normalized spacial score (nSPS) is 34.1. The number of carbonyl (C=O) groups excluding carboxylic acids is 1. The molecular formula is C16H31N3O2. The number of rotatable bonds is 3. The van der Waals surface area contributed by atoms with Crippen LogP contribution in [-0.4, -0.2) is 54.4 Å². The molecule has 0 aromatic heterocycles. The number of carbonyl (C=O) groups is 1. The molecule has 1 aliphatic heterocycles. The lowest BCUT2D eigenvalue weighted by molar-refractivity contribution is 0.0497. The highest BCUT2D eigenvalue weighted by Crippen LogP contribution is 2.23. The predicted octanol–water partition coefficient (Wildman–Crippen LogP) is 2.11. The van der Waals surface area contributed by atoms with Gasteiger partial charge in [0.2, 0.25) is 0 Å². The summed E-state index contributed by atoms with van der Waals surface area (Å²) >= 11 is 0. The van der Waals surface area contributed by atoms with E-state index < -0.39 is 5.60 Å². The van der Waals surface area contributed by atoms with Gasteiger partial charge in [-0.1, -0.05) is 0 Å². The second-order valence-electron chi connectivity index (χ2n) is 7.68. The third kappa shape index (κ3) is 4.85. The van der Waals surface area contributed by atoms with Crippen LogP contribution in [0.3, 0.4) is 0 Å². The van der Waals surface area contributed by atoms with E-state index in [1.807, 2.05) is 20.8 Å². The van der Waals surface area contributed by atoms with E-state index in [2.05, 4.69) is 29.5 Å². The molecule has 21 heavy (non-hydrogen) atoms. The number of likely N-dealkylation sites (tertiary alicyclic amines) is 1. The maximum absolute atomic E-state index is 11.9. The summed E-state index contributed by atoms with van der Waals surface area (Å²) in [5, 5.41) is 6.79. The molecule has 0 bridgehead atoms. The van der Waals surface area contributed by atoms with Gasteiger partial charge < -0.3 is 20.3 Å². The molecule has 0 spiro atoms. The molecule has 1 heterocycles. The number of nitrogens with one attached hydrogen (secondary N) is 2. The molecule has 1 saturated heterocycles. The molecule has 1 aliphatic carbocycles. The van der Waals surface area contributed by atoms with E-state index in [0.29, 0.717) is 18.1 Å². The monoisotopic (exact) mass is 297 g/mol. The van der Waals surface area contributed by atoms with Crippen molar-refractivity contribution in [2.45, 2.75) is 83.1 Å². The van der Waals surface area contributed by atoms with Crippen LogP contribution >= 0.6 is 0 Å². The van der Waals surface area contributed by atoms with Crippen LogP contribution in [0.25, 0.3) is 0 Å². The molecular weight excluding hydrogens is 266 g/mol. The maximum atomic E-state index is 11.9. The summed E-state index contributed by atoms with van der Waals surface area (Å²) in [4.78, 5) is 14.3.